The van der Waals surface area contributed by atoms with Crippen LogP contribution in [0, 0.1) is 11.8 Å². The van der Waals surface area contributed by atoms with Crippen molar-refractivity contribution in [3.63, 3.8) is 0 Å². The van der Waals surface area contributed by atoms with Crippen molar-refractivity contribution in [2.45, 2.75) is 25.9 Å². The number of aliphatic carboxylic acids is 1. The number of carbonyl (C=O) groups excluding carboxylic acids is 1. The van der Waals surface area contributed by atoms with E-state index in [1.807, 2.05) is 37.3 Å². The quantitative estimate of drug-likeness (QED) is 0.829. The van der Waals surface area contributed by atoms with Gasteiger partial charge < -0.3 is 15.2 Å². The summed E-state index contributed by atoms with van der Waals surface area (Å²) in [5.74, 6) is -1.24. The van der Waals surface area contributed by atoms with Crippen LogP contribution < -0.4 is 10.1 Å². The monoisotopic (exact) mass is 277 g/mol. The van der Waals surface area contributed by atoms with Crippen LogP contribution in [0.25, 0.3) is 0 Å². The Labute approximate surface area is 117 Å². The summed E-state index contributed by atoms with van der Waals surface area (Å²) in [5, 5.41) is 11.7. The highest BCUT2D eigenvalue weighted by Crippen LogP contribution is 2.34. The molecule has 5 nitrogen and oxygen atoms in total. The minimum atomic E-state index is -0.884. The van der Waals surface area contributed by atoms with Crippen molar-refractivity contribution in [3.05, 3.63) is 30.3 Å². The Bertz CT molecular complexity index is 474. The van der Waals surface area contributed by atoms with Gasteiger partial charge in [-0.05, 0) is 31.9 Å². The Kier molecular flexibility index (Phi) is 4.61. The van der Waals surface area contributed by atoms with Crippen molar-refractivity contribution >= 4 is 11.9 Å². The number of carboxylic acid groups (broad SMARTS) is 1. The number of hydrogen-bond donors (Lipinski definition) is 2. The van der Waals surface area contributed by atoms with Gasteiger partial charge in [0.05, 0.1) is 18.4 Å². The zero-order valence-electron chi connectivity index (χ0n) is 11.4. The summed E-state index contributed by atoms with van der Waals surface area (Å²) < 4.78 is 5.64. The van der Waals surface area contributed by atoms with Gasteiger partial charge in [0.1, 0.15) is 11.9 Å². The average Bonchev–Trinajstić information content (AvgIpc) is 2.35. The number of para-hydroxylation sites is 1. The smallest absolute Gasteiger partial charge is 0.307 e. The lowest BCUT2D eigenvalue weighted by Gasteiger charge is -2.32. The van der Waals surface area contributed by atoms with Gasteiger partial charge >= 0.3 is 5.97 Å². The van der Waals surface area contributed by atoms with Crippen molar-refractivity contribution in [3.8, 4) is 5.75 Å². The van der Waals surface area contributed by atoms with Crippen LogP contribution in [-0.4, -0.2) is 29.6 Å². The summed E-state index contributed by atoms with van der Waals surface area (Å²) in [7, 11) is 0. The van der Waals surface area contributed by atoms with Gasteiger partial charge in [-0.25, -0.2) is 0 Å². The van der Waals surface area contributed by atoms with Gasteiger partial charge in [0.15, 0.2) is 0 Å². The lowest BCUT2D eigenvalue weighted by Crippen LogP contribution is -2.46. The fourth-order valence-corrected chi connectivity index (χ4v) is 2.26. The molecule has 3 atom stereocenters. The molecule has 1 aliphatic carbocycles. The normalized spacial score (nSPS) is 22.4. The second-order valence-corrected chi connectivity index (χ2v) is 5.12. The van der Waals surface area contributed by atoms with Crippen molar-refractivity contribution < 1.29 is 19.4 Å². The first-order valence-electron chi connectivity index (χ1n) is 6.80. The molecule has 2 rings (SSSR count). The van der Waals surface area contributed by atoms with E-state index in [2.05, 4.69) is 5.32 Å². The molecule has 1 fully saturated rings. The number of carbonyl (C=O) groups is 2. The van der Waals surface area contributed by atoms with Gasteiger partial charge in [0, 0.05) is 0 Å². The Hall–Kier alpha value is -2.04. The Morgan fingerprint density at radius 2 is 1.95 bits per heavy atom. The molecule has 0 bridgehead atoms. The third kappa shape index (κ3) is 3.50. The van der Waals surface area contributed by atoms with Crippen molar-refractivity contribution in [2.75, 3.05) is 6.54 Å². The molecule has 1 saturated carbocycles. The van der Waals surface area contributed by atoms with Crippen LogP contribution in [-0.2, 0) is 9.59 Å². The predicted molar refractivity (Wildman–Crippen MR) is 73.4 cm³/mol. The lowest BCUT2D eigenvalue weighted by atomic mass is 9.73. The van der Waals surface area contributed by atoms with Crippen molar-refractivity contribution in [1.82, 2.24) is 5.32 Å². The molecule has 1 aromatic rings. The number of benzene rings is 1. The highest BCUT2D eigenvalue weighted by atomic mass is 16.5. The zero-order valence-corrected chi connectivity index (χ0v) is 11.4. The second-order valence-electron chi connectivity index (χ2n) is 5.12. The highest BCUT2D eigenvalue weighted by molar-refractivity contribution is 5.86. The van der Waals surface area contributed by atoms with E-state index in [1.165, 1.54) is 0 Å². The summed E-state index contributed by atoms with van der Waals surface area (Å²) in [6, 6.07) is 9.37. The number of nitrogens with one attached hydrogen (secondary N) is 1. The topological polar surface area (TPSA) is 75.6 Å². The SMILES string of the molecule is CC(CNC(=O)C1CCC1C(=O)O)Oc1ccccc1. The predicted octanol–water partition coefficient (Wildman–Crippen LogP) is 1.68. The molecular weight excluding hydrogens is 258 g/mol. The van der Waals surface area contributed by atoms with E-state index in [-0.39, 0.29) is 12.0 Å². The minimum Gasteiger partial charge on any atom is -0.489 e. The van der Waals surface area contributed by atoms with E-state index in [4.69, 9.17) is 9.84 Å². The lowest BCUT2D eigenvalue weighted by molar-refractivity contribution is -0.152. The maximum absolute atomic E-state index is 11.9. The first-order chi connectivity index (χ1) is 9.58. The maximum atomic E-state index is 11.9. The summed E-state index contributed by atoms with van der Waals surface area (Å²) in [6.45, 7) is 2.24. The fraction of sp³-hybridized carbons (Fsp3) is 0.467. The standard InChI is InChI=1S/C15H19NO4/c1-10(20-11-5-3-2-4-6-11)9-16-14(17)12-7-8-13(12)15(18)19/h2-6,10,12-13H,7-9H2,1H3,(H,16,17)(H,18,19). The maximum Gasteiger partial charge on any atom is 0.307 e. The highest BCUT2D eigenvalue weighted by Gasteiger charge is 2.41. The summed E-state index contributed by atoms with van der Waals surface area (Å²) in [6.07, 6.45) is 1.07. The number of carboxylic acids is 1. The zero-order chi connectivity index (χ0) is 14.5. The summed E-state index contributed by atoms with van der Waals surface area (Å²) in [5.41, 5.74) is 0. The molecule has 108 valence electrons. The van der Waals surface area contributed by atoms with Crippen LogP contribution in [0.1, 0.15) is 19.8 Å². The number of rotatable bonds is 6. The van der Waals surface area contributed by atoms with Crippen molar-refractivity contribution in [2.24, 2.45) is 11.8 Å². The summed E-state index contributed by atoms with van der Waals surface area (Å²) >= 11 is 0. The molecule has 0 radical (unpaired) electrons. The Morgan fingerprint density at radius 3 is 2.50 bits per heavy atom. The van der Waals surface area contributed by atoms with E-state index < -0.39 is 17.8 Å². The van der Waals surface area contributed by atoms with Crippen LogP contribution >= 0.6 is 0 Å². The van der Waals surface area contributed by atoms with Gasteiger partial charge in [0.25, 0.3) is 0 Å². The van der Waals surface area contributed by atoms with Crippen LogP contribution in [0.4, 0.5) is 0 Å². The van der Waals surface area contributed by atoms with E-state index in [9.17, 15) is 9.59 Å². The molecule has 1 amide bonds. The first kappa shape index (κ1) is 14.4. The molecule has 0 heterocycles. The van der Waals surface area contributed by atoms with Crippen molar-refractivity contribution in [1.29, 1.82) is 0 Å². The Balaban J connectivity index is 1.75. The van der Waals surface area contributed by atoms with Crippen LogP contribution in [0.3, 0.4) is 0 Å². The first-order valence-corrected chi connectivity index (χ1v) is 6.80. The molecule has 3 unspecified atom stereocenters. The molecule has 0 spiro atoms. The molecular formula is C15H19NO4. The third-order valence-corrected chi connectivity index (χ3v) is 3.57. The van der Waals surface area contributed by atoms with Crippen LogP contribution in [0.15, 0.2) is 30.3 Å². The van der Waals surface area contributed by atoms with E-state index in [1.54, 1.807) is 0 Å². The molecule has 20 heavy (non-hydrogen) atoms. The van der Waals surface area contributed by atoms with Gasteiger partial charge in [0.2, 0.25) is 5.91 Å². The summed E-state index contributed by atoms with van der Waals surface area (Å²) in [4.78, 5) is 22.7. The molecule has 0 saturated heterocycles. The van der Waals surface area contributed by atoms with Crippen LogP contribution in [0.2, 0.25) is 0 Å². The average molecular weight is 277 g/mol. The van der Waals surface area contributed by atoms with Gasteiger partial charge in [-0.1, -0.05) is 18.2 Å². The molecule has 1 aliphatic rings. The molecule has 2 N–H and O–H groups in total. The molecule has 5 heteroatoms. The van der Waals surface area contributed by atoms with Crippen LogP contribution in [0.5, 0.6) is 5.75 Å². The van der Waals surface area contributed by atoms with Gasteiger partial charge in [-0.15, -0.1) is 0 Å². The molecule has 1 aromatic carbocycles. The van der Waals surface area contributed by atoms with E-state index in [0.717, 1.165) is 5.75 Å². The number of amides is 1. The second kappa shape index (κ2) is 6.41. The number of ether oxygens (including phenoxy) is 1. The van der Waals surface area contributed by atoms with Gasteiger partial charge in [-0.3, -0.25) is 9.59 Å². The largest absolute Gasteiger partial charge is 0.489 e. The van der Waals surface area contributed by atoms with Gasteiger partial charge in [-0.2, -0.15) is 0 Å². The molecule has 0 aliphatic heterocycles. The molecule has 0 aromatic heterocycles. The minimum absolute atomic E-state index is 0.162. The third-order valence-electron chi connectivity index (χ3n) is 3.57. The number of hydrogen-bond acceptors (Lipinski definition) is 3. The fourth-order valence-electron chi connectivity index (χ4n) is 2.26. The Morgan fingerprint density at radius 1 is 1.30 bits per heavy atom. The van der Waals surface area contributed by atoms with E-state index in [0.29, 0.717) is 19.4 Å². The van der Waals surface area contributed by atoms with E-state index >= 15 is 0 Å².